The molecule has 0 saturated carbocycles. The minimum Gasteiger partial charge on any atom is -0.391 e. The van der Waals surface area contributed by atoms with Gasteiger partial charge >= 0.3 is 0 Å². The van der Waals surface area contributed by atoms with Gasteiger partial charge in [-0.3, -0.25) is 0 Å². The van der Waals surface area contributed by atoms with Crippen LogP contribution in [0.4, 0.5) is 0 Å². The minimum atomic E-state index is 0.0738. The maximum atomic E-state index is 9.70. The van der Waals surface area contributed by atoms with E-state index < -0.39 is 0 Å². The molecule has 0 radical (unpaired) electrons. The van der Waals surface area contributed by atoms with Gasteiger partial charge in [0.25, 0.3) is 0 Å². The predicted molar refractivity (Wildman–Crippen MR) is 126 cm³/mol. The molecular formula is C22H54N4O6+4. The van der Waals surface area contributed by atoms with E-state index in [4.69, 9.17) is 0 Å². The lowest BCUT2D eigenvalue weighted by Gasteiger charge is -2.43. The van der Waals surface area contributed by atoms with E-state index in [9.17, 15) is 30.6 Å². The molecule has 0 saturated heterocycles. The van der Waals surface area contributed by atoms with Crippen LogP contribution in [-0.4, -0.2) is 195 Å². The van der Waals surface area contributed by atoms with Crippen LogP contribution >= 0.6 is 0 Å². The molecule has 10 heteroatoms. The minimum absolute atomic E-state index is 0.0738. The number of likely N-dealkylation sites (N-methyl/N-ethyl adjacent to an activating group) is 4. The van der Waals surface area contributed by atoms with Gasteiger partial charge in [-0.2, -0.15) is 0 Å². The Kier molecular flexibility index (Phi) is 15.3. The van der Waals surface area contributed by atoms with Gasteiger partial charge in [0.05, 0.1) is 67.8 Å². The van der Waals surface area contributed by atoms with Gasteiger partial charge in [-0.25, -0.2) is 0 Å². The van der Waals surface area contributed by atoms with Crippen LogP contribution in [0.3, 0.4) is 0 Å². The Balaban J connectivity index is 5.24. The number of hydrogen-bond donors (Lipinski definition) is 6. The summed E-state index contributed by atoms with van der Waals surface area (Å²) in [6.45, 7) is 8.97. The fraction of sp³-hybridized carbons (Fsp3) is 1.00. The van der Waals surface area contributed by atoms with Gasteiger partial charge in [0.15, 0.2) is 0 Å². The van der Waals surface area contributed by atoms with Crippen molar-refractivity contribution in [3.63, 3.8) is 0 Å². The molecule has 2 atom stereocenters. The highest BCUT2D eigenvalue weighted by molar-refractivity contribution is 4.49. The molecular weight excluding hydrogens is 416 g/mol. The Morgan fingerprint density at radius 1 is 0.281 bits per heavy atom. The molecule has 0 bridgehead atoms. The quantitative estimate of drug-likeness (QED) is 0.0979. The summed E-state index contributed by atoms with van der Waals surface area (Å²) < 4.78 is 2.54. The lowest BCUT2D eigenvalue weighted by Crippen LogP contribution is -2.62. The van der Waals surface area contributed by atoms with Gasteiger partial charge in [0.1, 0.15) is 78.5 Å². The summed E-state index contributed by atoms with van der Waals surface area (Å²) in [5.74, 6) is 0. The molecule has 32 heavy (non-hydrogen) atoms. The van der Waals surface area contributed by atoms with Crippen LogP contribution in [0.25, 0.3) is 0 Å². The van der Waals surface area contributed by atoms with E-state index in [2.05, 4.69) is 14.1 Å². The van der Waals surface area contributed by atoms with Crippen LogP contribution in [0.15, 0.2) is 0 Å². The Morgan fingerprint density at radius 3 is 0.531 bits per heavy atom. The maximum absolute atomic E-state index is 9.70. The Hall–Kier alpha value is -0.400. The van der Waals surface area contributed by atoms with Crippen molar-refractivity contribution >= 4 is 0 Å². The lowest BCUT2D eigenvalue weighted by atomic mass is 10.2. The molecule has 0 amide bonds. The van der Waals surface area contributed by atoms with Gasteiger partial charge < -0.3 is 48.6 Å². The smallest absolute Gasteiger partial charge is 0.129 e. The normalized spacial score (nSPS) is 16.7. The van der Waals surface area contributed by atoms with Crippen molar-refractivity contribution in [2.24, 2.45) is 0 Å². The van der Waals surface area contributed by atoms with Crippen molar-refractivity contribution in [1.82, 2.24) is 0 Å². The van der Waals surface area contributed by atoms with Gasteiger partial charge in [-0.15, -0.1) is 0 Å². The van der Waals surface area contributed by atoms with Gasteiger partial charge in [-0.1, -0.05) is 0 Å². The molecule has 0 spiro atoms. The number of aliphatic hydroxyl groups is 6. The van der Waals surface area contributed by atoms with Gasteiger partial charge in [0.2, 0.25) is 0 Å². The first-order valence-electron chi connectivity index (χ1n) is 12.0. The largest absolute Gasteiger partial charge is 0.391 e. The van der Waals surface area contributed by atoms with Crippen LogP contribution in [0.2, 0.25) is 0 Å². The summed E-state index contributed by atoms with van der Waals surface area (Å²) in [6.07, 6.45) is 0. The molecule has 2 unspecified atom stereocenters. The molecule has 0 aromatic rings. The molecule has 0 heterocycles. The van der Waals surface area contributed by atoms with Crippen LogP contribution in [0, 0.1) is 0 Å². The standard InChI is InChI=1S/C22H54N4O6/c1-23(11-17-27,7-9-25(3,13-19-29)14-20-30)5-6-24(2,12-18-28)8-10-26(4,15-21-31)16-22-32/h27-32H,5-22H2,1-4H3/q+4. The van der Waals surface area contributed by atoms with Gasteiger partial charge in [0, 0.05) is 0 Å². The number of hydrogen-bond acceptors (Lipinski definition) is 6. The Labute approximate surface area is 195 Å². The molecule has 6 N–H and O–H groups in total. The van der Waals surface area contributed by atoms with E-state index in [0.29, 0.717) is 57.2 Å². The molecule has 0 aromatic heterocycles. The molecule has 194 valence electrons. The molecule has 10 nitrogen and oxygen atoms in total. The second kappa shape index (κ2) is 15.5. The van der Waals surface area contributed by atoms with Crippen molar-refractivity contribution in [3.05, 3.63) is 0 Å². The maximum Gasteiger partial charge on any atom is 0.129 e. The number of rotatable bonds is 21. The molecule has 0 rings (SSSR count). The van der Waals surface area contributed by atoms with E-state index in [0.717, 1.165) is 39.3 Å². The zero-order chi connectivity index (χ0) is 24.7. The number of nitrogens with zero attached hydrogens (tertiary/aromatic N) is 4. The molecule has 0 aromatic carbocycles. The van der Waals surface area contributed by atoms with Crippen molar-refractivity contribution in [2.45, 2.75) is 0 Å². The SMILES string of the molecule is C[N+](CCO)(CCO)CC[N+](C)(CCO)CC[N+](C)(CCO)CC[N+](C)(CCO)CCO. The average Bonchev–Trinajstić information content (AvgIpc) is 2.71. The van der Waals surface area contributed by atoms with Crippen molar-refractivity contribution < 1.29 is 48.6 Å². The second-order valence-corrected chi connectivity index (χ2v) is 10.5. The van der Waals surface area contributed by atoms with E-state index in [-0.39, 0.29) is 39.6 Å². The Bertz CT molecular complexity index is 433. The third kappa shape index (κ3) is 12.2. The predicted octanol–water partition coefficient (Wildman–Crippen LogP) is -3.27. The zero-order valence-electron chi connectivity index (χ0n) is 21.2. The summed E-state index contributed by atoms with van der Waals surface area (Å²) in [4.78, 5) is 0. The molecule has 0 aliphatic carbocycles. The average molecular weight is 471 g/mol. The zero-order valence-corrected chi connectivity index (χ0v) is 21.2. The van der Waals surface area contributed by atoms with Crippen LogP contribution in [0.1, 0.15) is 0 Å². The lowest BCUT2D eigenvalue weighted by molar-refractivity contribution is -0.996. The highest BCUT2D eigenvalue weighted by Crippen LogP contribution is 2.12. The fourth-order valence-corrected chi connectivity index (χ4v) is 4.24. The highest BCUT2D eigenvalue weighted by atomic mass is 16.3. The monoisotopic (exact) mass is 470 g/mol. The summed E-state index contributed by atoms with van der Waals surface area (Å²) in [7, 11) is 8.37. The van der Waals surface area contributed by atoms with Crippen LogP contribution in [-0.2, 0) is 0 Å². The third-order valence-electron chi connectivity index (χ3n) is 7.38. The van der Waals surface area contributed by atoms with Crippen LogP contribution < -0.4 is 0 Å². The first-order valence-corrected chi connectivity index (χ1v) is 12.0. The van der Waals surface area contributed by atoms with Crippen LogP contribution in [0.5, 0.6) is 0 Å². The van der Waals surface area contributed by atoms with Crippen molar-refractivity contribution in [1.29, 1.82) is 0 Å². The van der Waals surface area contributed by atoms with Crippen molar-refractivity contribution in [2.75, 3.05) is 146 Å². The fourth-order valence-electron chi connectivity index (χ4n) is 4.24. The van der Waals surface area contributed by atoms with E-state index in [1.807, 2.05) is 14.1 Å². The second-order valence-electron chi connectivity index (χ2n) is 10.5. The number of aliphatic hydroxyl groups excluding tert-OH is 6. The number of quaternary nitrogens is 4. The van der Waals surface area contributed by atoms with E-state index in [1.54, 1.807) is 0 Å². The highest BCUT2D eigenvalue weighted by Gasteiger charge is 2.34. The van der Waals surface area contributed by atoms with Crippen molar-refractivity contribution in [3.8, 4) is 0 Å². The molecule has 0 aliphatic rings. The first kappa shape index (κ1) is 31.6. The topological polar surface area (TPSA) is 121 Å². The van der Waals surface area contributed by atoms with E-state index >= 15 is 0 Å². The molecule has 0 aliphatic heterocycles. The Morgan fingerprint density at radius 2 is 0.406 bits per heavy atom. The summed E-state index contributed by atoms with van der Waals surface area (Å²) in [6, 6.07) is 0. The third-order valence-corrected chi connectivity index (χ3v) is 7.38. The van der Waals surface area contributed by atoms with Gasteiger partial charge in [-0.05, 0) is 0 Å². The summed E-state index contributed by atoms with van der Waals surface area (Å²) in [5, 5.41) is 57.1. The first-order chi connectivity index (χ1) is 15.0. The molecule has 0 fully saturated rings. The van der Waals surface area contributed by atoms with E-state index in [1.165, 1.54) is 0 Å². The summed E-state index contributed by atoms with van der Waals surface area (Å²) >= 11 is 0. The summed E-state index contributed by atoms with van der Waals surface area (Å²) in [5.41, 5.74) is 0.